The normalized spacial score (nSPS) is 11.8. The van der Waals surface area contributed by atoms with Gasteiger partial charge in [0.25, 0.3) is 0 Å². The van der Waals surface area contributed by atoms with E-state index in [0.717, 1.165) is 28.7 Å². The van der Waals surface area contributed by atoms with Crippen molar-refractivity contribution in [2.75, 3.05) is 11.4 Å². The van der Waals surface area contributed by atoms with Crippen LogP contribution in [0.25, 0.3) is 0 Å². The molecule has 0 aliphatic carbocycles. The summed E-state index contributed by atoms with van der Waals surface area (Å²) in [4.78, 5) is 22.3. The molecule has 0 saturated carbocycles. The van der Waals surface area contributed by atoms with Crippen LogP contribution in [0.1, 0.15) is 48.6 Å². The lowest BCUT2D eigenvalue weighted by Gasteiger charge is -2.25. The molecular formula is C28H32F3N3O4. The average Bonchev–Trinajstić information content (AvgIpc) is 2.84. The zero-order valence-corrected chi connectivity index (χ0v) is 22.1. The number of halogens is 3. The molecule has 2 aromatic carbocycles. The van der Waals surface area contributed by atoms with E-state index in [2.05, 4.69) is 14.7 Å². The summed E-state index contributed by atoms with van der Waals surface area (Å²) in [5, 5.41) is 9.39. The molecule has 0 fully saturated rings. The Hall–Kier alpha value is -3.82. The van der Waals surface area contributed by atoms with Crippen LogP contribution in [0.3, 0.4) is 0 Å². The molecule has 10 heteroatoms. The van der Waals surface area contributed by atoms with Gasteiger partial charge < -0.3 is 19.5 Å². The first-order chi connectivity index (χ1) is 17.8. The van der Waals surface area contributed by atoms with Crippen molar-refractivity contribution in [3.8, 4) is 11.5 Å². The highest BCUT2D eigenvalue weighted by atomic mass is 19.4. The van der Waals surface area contributed by atoms with Gasteiger partial charge in [-0.25, -0.2) is 14.8 Å². The van der Waals surface area contributed by atoms with E-state index in [9.17, 15) is 23.1 Å². The molecule has 204 valence electrons. The number of rotatable bonds is 11. The summed E-state index contributed by atoms with van der Waals surface area (Å²) in [5.74, 6) is -0.394. The molecule has 0 aliphatic rings. The van der Waals surface area contributed by atoms with Gasteiger partial charge in [-0.3, -0.25) is 0 Å². The number of hydrogen-bond donors (Lipinski definition) is 1. The molecule has 0 amide bonds. The zero-order valence-electron chi connectivity index (χ0n) is 22.1. The number of carboxylic acid groups (broad SMARTS) is 1. The second kappa shape index (κ2) is 11.7. The minimum absolute atomic E-state index is 0.270. The number of carbonyl (C=O) groups is 1. The summed E-state index contributed by atoms with van der Waals surface area (Å²) in [5.41, 5.74) is 3.03. The third-order valence-electron chi connectivity index (χ3n) is 6.27. The lowest BCUT2D eigenvalue weighted by atomic mass is 9.99. The minimum atomic E-state index is -4.78. The van der Waals surface area contributed by atoms with Crippen LogP contribution in [0.4, 0.5) is 19.1 Å². The van der Waals surface area contributed by atoms with Gasteiger partial charge >= 0.3 is 12.3 Å². The fourth-order valence-corrected chi connectivity index (χ4v) is 3.81. The Morgan fingerprint density at radius 3 is 2.29 bits per heavy atom. The second-order valence-corrected chi connectivity index (χ2v) is 9.50. The van der Waals surface area contributed by atoms with Gasteiger partial charge in [0, 0.05) is 25.5 Å². The van der Waals surface area contributed by atoms with Crippen LogP contribution in [0.15, 0.2) is 48.8 Å². The number of hydrogen-bond acceptors (Lipinski definition) is 6. The number of aliphatic carboxylic acids is 1. The first kappa shape index (κ1) is 28.7. The van der Waals surface area contributed by atoms with E-state index < -0.39 is 17.9 Å². The van der Waals surface area contributed by atoms with E-state index in [1.807, 2.05) is 31.7 Å². The van der Waals surface area contributed by atoms with E-state index in [0.29, 0.717) is 30.2 Å². The van der Waals surface area contributed by atoms with E-state index >= 15 is 0 Å². The summed E-state index contributed by atoms with van der Waals surface area (Å²) in [7, 11) is 0. The predicted octanol–water partition coefficient (Wildman–Crippen LogP) is 6.05. The Morgan fingerprint density at radius 1 is 1.00 bits per heavy atom. The number of aromatic nitrogens is 2. The Kier molecular flexibility index (Phi) is 8.85. The van der Waals surface area contributed by atoms with Gasteiger partial charge in [0.2, 0.25) is 5.95 Å². The van der Waals surface area contributed by atoms with Crippen molar-refractivity contribution in [2.45, 2.75) is 66.0 Å². The van der Waals surface area contributed by atoms with Crippen LogP contribution < -0.4 is 14.4 Å². The van der Waals surface area contributed by atoms with E-state index in [4.69, 9.17) is 4.74 Å². The monoisotopic (exact) mass is 531 g/mol. The Morgan fingerprint density at radius 2 is 1.68 bits per heavy atom. The third-order valence-corrected chi connectivity index (χ3v) is 6.27. The molecule has 1 N–H and O–H groups in total. The van der Waals surface area contributed by atoms with Crippen molar-refractivity contribution in [2.24, 2.45) is 0 Å². The van der Waals surface area contributed by atoms with Crippen LogP contribution in [0.5, 0.6) is 11.5 Å². The highest BCUT2D eigenvalue weighted by Crippen LogP contribution is 2.29. The molecular weight excluding hydrogens is 499 g/mol. The van der Waals surface area contributed by atoms with Crippen LogP contribution in [-0.4, -0.2) is 39.6 Å². The molecule has 3 rings (SSSR count). The van der Waals surface area contributed by atoms with Gasteiger partial charge in [0.1, 0.15) is 11.5 Å². The van der Waals surface area contributed by atoms with Gasteiger partial charge in [-0.1, -0.05) is 25.1 Å². The topological polar surface area (TPSA) is 84.8 Å². The highest BCUT2D eigenvalue weighted by molar-refractivity contribution is 5.76. The molecule has 7 nitrogen and oxygen atoms in total. The number of aryl methyl sites for hydroxylation is 1. The molecule has 0 spiro atoms. The number of carboxylic acids is 1. The molecule has 0 unspecified atom stereocenters. The van der Waals surface area contributed by atoms with Crippen LogP contribution in [0.2, 0.25) is 0 Å². The number of alkyl halides is 3. The molecule has 0 saturated heterocycles. The van der Waals surface area contributed by atoms with Gasteiger partial charge in [-0.05, 0) is 86.6 Å². The third kappa shape index (κ3) is 7.60. The number of ether oxygens (including phenoxy) is 2. The number of benzene rings is 2. The van der Waals surface area contributed by atoms with Crippen molar-refractivity contribution in [3.05, 3.63) is 76.6 Å². The number of anilines is 1. The van der Waals surface area contributed by atoms with Gasteiger partial charge in [0.05, 0.1) is 0 Å². The predicted molar refractivity (Wildman–Crippen MR) is 138 cm³/mol. The van der Waals surface area contributed by atoms with Crippen molar-refractivity contribution < 1.29 is 32.5 Å². The maximum absolute atomic E-state index is 12.7. The molecule has 0 radical (unpaired) electrons. The smallest absolute Gasteiger partial charge is 0.478 e. The van der Waals surface area contributed by atoms with Crippen LogP contribution in [-0.2, 0) is 24.2 Å². The van der Waals surface area contributed by atoms with Crippen LogP contribution in [0, 0.1) is 13.8 Å². The first-order valence-corrected chi connectivity index (χ1v) is 12.2. The standard InChI is InChI=1S/C28H32F3N3O4/c1-6-20-15-32-26(33-16-20)34(17-21-8-7-9-23(14-21)37-28(29,30)31)13-12-22-10-11-24(19(3)18(22)2)38-27(4,5)25(35)36/h7-11,14-16H,6,12-13,17H2,1-5H3,(H,35,36). The molecule has 0 aliphatic heterocycles. The molecule has 0 bridgehead atoms. The SMILES string of the molecule is CCc1cnc(N(CCc2ccc(OC(C)(C)C(=O)O)c(C)c2C)Cc2cccc(OC(F)(F)F)c2)nc1. The Balaban J connectivity index is 1.84. The molecule has 1 heterocycles. The average molecular weight is 532 g/mol. The molecule has 0 atom stereocenters. The van der Waals surface area contributed by atoms with Crippen LogP contribution >= 0.6 is 0 Å². The molecule has 3 aromatic rings. The maximum atomic E-state index is 12.7. The quantitative estimate of drug-likeness (QED) is 0.323. The van der Waals surface area contributed by atoms with Crippen molar-refractivity contribution >= 4 is 11.9 Å². The summed E-state index contributed by atoms with van der Waals surface area (Å²) >= 11 is 0. The minimum Gasteiger partial charge on any atom is -0.478 e. The summed E-state index contributed by atoms with van der Waals surface area (Å²) < 4.78 is 48.0. The molecule has 38 heavy (non-hydrogen) atoms. The lowest BCUT2D eigenvalue weighted by molar-refractivity contribution is -0.274. The summed E-state index contributed by atoms with van der Waals surface area (Å²) in [6.07, 6.45) is 0.0758. The first-order valence-electron chi connectivity index (χ1n) is 12.2. The van der Waals surface area contributed by atoms with E-state index in [1.54, 1.807) is 24.5 Å². The van der Waals surface area contributed by atoms with Crippen molar-refractivity contribution in [1.29, 1.82) is 0 Å². The summed E-state index contributed by atoms with van der Waals surface area (Å²) in [6.45, 7) is 9.56. The second-order valence-electron chi connectivity index (χ2n) is 9.50. The molecule has 1 aromatic heterocycles. The fraction of sp³-hybridized carbons (Fsp3) is 0.393. The van der Waals surface area contributed by atoms with Gasteiger partial charge in [-0.15, -0.1) is 13.2 Å². The Labute approximate surface area is 220 Å². The fourth-order valence-electron chi connectivity index (χ4n) is 3.81. The highest BCUT2D eigenvalue weighted by Gasteiger charge is 2.31. The van der Waals surface area contributed by atoms with E-state index in [1.165, 1.54) is 32.0 Å². The largest absolute Gasteiger partial charge is 0.573 e. The summed E-state index contributed by atoms with van der Waals surface area (Å²) in [6, 6.07) is 9.51. The van der Waals surface area contributed by atoms with Gasteiger partial charge in [-0.2, -0.15) is 0 Å². The van der Waals surface area contributed by atoms with Crippen molar-refractivity contribution in [3.63, 3.8) is 0 Å². The lowest BCUT2D eigenvalue weighted by Crippen LogP contribution is -2.38. The van der Waals surface area contributed by atoms with Gasteiger partial charge in [0.15, 0.2) is 5.60 Å². The van der Waals surface area contributed by atoms with E-state index in [-0.39, 0.29) is 12.3 Å². The maximum Gasteiger partial charge on any atom is 0.573 e. The number of nitrogens with zero attached hydrogens (tertiary/aromatic N) is 3. The van der Waals surface area contributed by atoms with Crippen molar-refractivity contribution in [1.82, 2.24) is 9.97 Å². The zero-order chi connectivity index (χ0) is 28.1. The Bertz CT molecular complexity index is 1260.